The van der Waals surface area contributed by atoms with E-state index in [1.54, 1.807) is 42.1 Å². The lowest BCUT2D eigenvalue weighted by molar-refractivity contribution is 0.102. The van der Waals surface area contributed by atoms with Gasteiger partial charge in [-0.3, -0.25) is 14.6 Å². The van der Waals surface area contributed by atoms with E-state index in [0.717, 1.165) is 31.3 Å². The summed E-state index contributed by atoms with van der Waals surface area (Å²) in [6, 6.07) is 8.88. The summed E-state index contributed by atoms with van der Waals surface area (Å²) in [7, 11) is 0. The van der Waals surface area contributed by atoms with Gasteiger partial charge in [0.05, 0.1) is 16.2 Å². The van der Waals surface area contributed by atoms with E-state index in [1.165, 1.54) is 0 Å². The molecule has 0 saturated carbocycles. The number of piperidine rings is 1. The summed E-state index contributed by atoms with van der Waals surface area (Å²) < 4.78 is 1.65. The molecule has 1 aliphatic heterocycles. The molecule has 0 aliphatic carbocycles. The summed E-state index contributed by atoms with van der Waals surface area (Å²) >= 11 is 6.21. The Bertz CT molecular complexity index is 1120. The van der Waals surface area contributed by atoms with Crippen LogP contribution in [0.4, 0.5) is 5.69 Å². The first-order valence-corrected chi connectivity index (χ1v) is 10.2. The molecule has 6 nitrogen and oxygen atoms in total. The number of carbonyl (C=O) groups excluding carboxylic acids is 1. The van der Waals surface area contributed by atoms with Crippen LogP contribution in [0.5, 0.6) is 0 Å². The first kappa shape index (κ1) is 19.6. The number of halogens is 1. The van der Waals surface area contributed by atoms with Crippen LogP contribution in [0.3, 0.4) is 0 Å². The molecule has 150 valence electrons. The molecule has 1 fully saturated rings. The number of benzene rings is 1. The second-order valence-corrected chi connectivity index (χ2v) is 7.90. The smallest absolute Gasteiger partial charge is 0.263 e. The summed E-state index contributed by atoms with van der Waals surface area (Å²) in [5, 5.41) is 7.49. The van der Waals surface area contributed by atoms with Gasteiger partial charge in [0.15, 0.2) is 0 Å². The Hall–Kier alpha value is -2.70. The molecule has 0 spiro atoms. The Kier molecular flexibility index (Phi) is 5.65. The Morgan fingerprint density at radius 1 is 1.34 bits per heavy atom. The third-order valence-corrected chi connectivity index (χ3v) is 5.73. The van der Waals surface area contributed by atoms with E-state index in [0.29, 0.717) is 34.3 Å². The predicted octanol–water partition coefficient (Wildman–Crippen LogP) is 3.61. The molecule has 1 aliphatic rings. The summed E-state index contributed by atoms with van der Waals surface area (Å²) in [6.07, 6.45) is 5.62. The number of pyridine rings is 2. The van der Waals surface area contributed by atoms with Crippen molar-refractivity contribution in [3.05, 3.63) is 69.2 Å². The Morgan fingerprint density at radius 2 is 2.21 bits per heavy atom. The van der Waals surface area contributed by atoms with Crippen molar-refractivity contribution >= 4 is 34.1 Å². The largest absolute Gasteiger partial charge is 0.321 e. The molecule has 1 unspecified atom stereocenters. The van der Waals surface area contributed by atoms with E-state index >= 15 is 0 Å². The fourth-order valence-corrected chi connectivity index (χ4v) is 4.09. The van der Waals surface area contributed by atoms with Gasteiger partial charge in [0.25, 0.3) is 11.5 Å². The lowest BCUT2D eigenvalue weighted by Crippen LogP contribution is -2.36. The first-order valence-electron chi connectivity index (χ1n) is 9.80. The topological polar surface area (TPSA) is 76.0 Å². The van der Waals surface area contributed by atoms with Crippen molar-refractivity contribution in [2.45, 2.75) is 26.3 Å². The number of anilines is 1. The lowest BCUT2D eigenvalue weighted by Gasteiger charge is -2.23. The summed E-state index contributed by atoms with van der Waals surface area (Å²) in [5.41, 5.74) is 1.75. The molecule has 7 heteroatoms. The maximum Gasteiger partial charge on any atom is 0.263 e. The number of nitrogens with zero attached hydrogens (tertiary/aromatic N) is 2. The first-order chi connectivity index (χ1) is 14.0. The molecule has 1 saturated heterocycles. The quantitative estimate of drug-likeness (QED) is 0.688. The minimum absolute atomic E-state index is 0.170. The number of amides is 1. The van der Waals surface area contributed by atoms with Gasteiger partial charge in [0.1, 0.15) is 5.56 Å². The van der Waals surface area contributed by atoms with Gasteiger partial charge >= 0.3 is 0 Å². The third-order valence-electron chi connectivity index (χ3n) is 5.42. The van der Waals surface area contributed by atoms with Crippen LogP contribution >= 0.6 is 11.6 Å². The highest BCUT2D eigenvalue weighted by atomic mass is 35.5. The van der Waals surface area contributed by atoms with Gasteiger partial charge in [-0.25, -0.2) is 0 Å². The second kappa shape index (κ2) is 8.35. The molecule has 1 amide bonds. The van der Waals surface area contributed by atoms with E-state index < -0.39 is 5.91 Å². The fraction of sp³-hybridized carbons (Fsp3) is 0.318. The standard InChI is InChI=1S/C22H23ClN4O2/c1-14-8-11-27(13-15-4-2-9-24-12-15)22(29)19(14)21(28)26-18-7-6-17(23)20-16(18)5-3-10-25-20/h3,5-8,10-11,15,24H,2,4,9,12-13H2,1H3,(H,26,28). The van der Waals surface area contributed by atoms with Crippen LogP contribution in [0, 0.1) is 12.8 Å². The molecule has 2 aromatic heterocycles. The Morgan fingerprint density at radius 3 is 3.00 bits per heavy atom. The van der Waals surface area contributed by atoms with Crippen molar-refractivity contribution in [3.63, 3.8) is 0 Å². The molecule has 2 N–H and O–H groups in total. The van der Waals surface area contributed by atoms with Crippen molar-refractivity contribution in [3.8, 4) is 0 Å². The molecule has 0 bridgehead atoms. The van der Waals surface area contributed by atoms with Gasteiger partial charge < -0.3 is 15.2 Å². The van der Waals surface area contributed by atoms with Crippen molar-refractivity contribution in [2.24, 2.45) is 5.92 Å². The van der Waals surface area contributed by atoms with E-state index in [2.05, 4.69) is 15.6 Å². The van der Waals surface area contributed by atoms with Crippen molar-refractivity contribution in [1.29, 1.82) is 0 Å². The summed E-state index contributed by atoms with van der Waals surface area (Å²) in [4.78, 5) is 30.4. The zero-order valence-electron chi connectivity index (χ0n) is 16.2. The SMILES string of the molecule is Cc1ccn(CC2CCCNC2)c(=O)c1C(=O)Nc1ccc(Cl)c2ncccc12. The fourth-order valence-electron chi connectivity index (χ4n) is 3.88. The maximum absolute atomic E-state index is 13.1. The predicted molar refractivity (Wildman–Crippen MR) is 116 cm³/mol. The normalized spacial score (nSPS) is 16.7. The minimum atomic E-state index is -0.420. The molecular weight excluding hydrogens is 388 g/mol. The molecule has 3 heterocycles. The monoisotopic (exact) mass is 410 g/mol. The van der Waals surface area contributed by atoms with Crippen LogP contribution in [-0.2, 0) is 6.54 Å². The van der Waals surface area contributed by atoms with Gasteiger partial charge in [-0.1, -0.05) is 11.6 Å². The van der Waals surface area contributed by atoms with Crippen molar-refractivity contribution in [2.75, 3.05) is 18.4 Å². The van der Waals surface area contributed by atoms with Gasteiger partial charge in [-0.15, -0.1) is 0 Å². The summed E-state index contributed by atoms with van der Waals surface area (Å²) in [5.74, 6) is -0.0255. The zero-order chi connectivity index (χ0) is 20.4. The van der Waals surface area contributed by atoms with Crippen LogP contribution < -0.4 is 16.2 Å². The molecule has 3 aromatic rings. The number of rotatable bonds is 4. The van der Waals surface area contributed by atoms with E-state index in [-0.39, 0.29) is 11.1 Å². The van der Waals surface area contributed by atoms with Crippen LogP contribution in [0.1, 0.15) is 28.8 Å². The van der Waals surface area contributed by atoms with Gasteiger partial charge in [0.2, 0.25) is 0 Å². The van der Waals surface area contributed by atoms with E-state index in [9.17, 15) is 9.59 Å². The number of hydrogen-bond acceptors (Lipinski definition) is 4. The molecular formula is C22H23ClN4O2. The highest BCUT2D eigenvalue weighted by molar-refractivity contribution is 6.35. The molecule has 0 radical (unpaired) electrons. The number of nitrogens with one attached hydrogen (secondary N) is 2. The average Bonchev–Trinajstić information content (AvgIpc) is 2.73. The van der Waals surface area contributed by atoms with Gasteiger partial charge in [-0.05, 0) is 74.7 Å². The Balaban J connectivity index is 1.65. The average molecular weight is 411 g/mol. The number of fused-ring (bicyclic) bond motifs is 1. The molecule has 1 aromatic carbocycles. The van der Waals surface area contributed by atoms with E-state index in [1.807, 2.05) is 12.1 Å². The molecule has 4 rings (SSSR count). The molecule has 29 heavy (non-hydrogen) atoms. The highest BCUT2D eigenvalue weighted by Crippen LogP contribution is 2.28. The number of aryl methyl sites for hydroxylation is 1. The van der Waals surface area contributed by atoms with Crippen LogP contribution in [0.2, 0.25) is 5.02 Å². The van der Waals surface area contributed by atoms with Gasteiger partial charge in [-0.2, -0.15) is 0 Å². The van der Waals surface area contributed by atoms with Gasteiger partial charge in [0, 0.05) is 24.3 Å². The maximum atomic E-state index is 13.1. The number of aromatic nitrogens is 2. The molecule has 1 atom stereocenters. The zero-order valence-corrected chi connectivity index (χ0v) is 17.0. The Labute approximate surface area is 173 Å². The van der Waals surface area contributed by atoms with E-state index in [4.69, 9.17) is 11.6 Å². The number of carbonyl (C=O) groups is 1. The minimum Gasteiger partial charge on any atom is -0.321 e. The second-order valence-electron chi connectivity index (χ2n) is 7.49. The van der Waals surface area contributed by atoms with Crippen molar-refractivity contribution < 1.29 is 4.79 Å². The third kappa shape index (κ3) is 4.04. The van der Waals surface area contributed by atoms with Crippen LogP contribution in [0.15, 0.2) is 47.5 Å². The van der Waals surface area contributed by atoms with Crippen LogP contribution in [0.25, 0.3) is 10.9 Å². The lowest BCUT2D eigenvalue weighted by atomic mass is 9.99. The highest BCUT2D eigenvalue weighted by Gasteiger charge is 2.20. The summed E-state index contributed by atoms with van der Waals surface area (Å²) in [6.45, 7) is 4.31. The van der Waals surface area contributed by atoms with Crippen LogP contribution in [-0.4, -0.2) is 28.5 Å². The number of hydrogen-bond donors (Lipinski definition) is 2. The van der Waals surface area contributed by atoms with Crippen molar-refractivity contribution in [1.82, 2.24) is 14.9 Å².